The first kappa shape index (κ1) is 12.6. The summed E-state index contributed by atoms with van der Waals surface area (Å²) in [7, 11) is 0. The monoisotopic (exact) mass is 264 g/mol. The molecule has 3 rings (SSSR count). The molecule has 0 aliphatic carbocycles. The lowest BCUT2D eigenvalue weighted by atomic mass is 10.1. The third-order valence-electron chi connectivity index (χ3n) is 3.57. The van der Waals surface area contributed by atoms with Crippen LogP contribution in [0.4, 0.5) is 5.82 Å². The highest BCUT2D eigenvalue weighted by molar-refractivity contribution is 5.59. The number of nitrogens with zero attached hydrogens (tertiary/aromatic N) is 4. The maximum absolute atomic E-state index is 8.97. The maximum Gasteiger partial charge on any atom is 0.161 e. The lowest BCUT2D eigenvalue weighted by molar-refractivity contribution is 0.573. The lowest BCUT2D eigenvalue weighted by Gasteiger charge is -2.27. The minimum atomic E-state index is 0.634. The molecule has 0 spiro atoms. The summed E-state index contributed by atoms with van der Waals surface area (Å²) >= 11 is 0. The van der Waals surface area contributed by atoms with Crippen LogP contribution in [0, 0.1) is 11.3 Å². The summed E-state index contributed by atoms with van der Waals surface area (Å²) in [5.41, 5.74) is 1.53. The van der Waals surface area contributed by atoms with Gasteiger partial charge < -0.3 is 4.90 Å². The molecule has 0 unspecified atom stereocenters. The van der Waals surface area contributed by atoms with E-state index in [0.29, 0.717) is 11.4 Å². The Morgan fingerprint density at radius 2 is 1.95 bits per heavy atom. The quantitative estimate of drug-likeness (QED) is 0.836. The Balaban J connectivity index is 1.92. The van der Waals surface area contributed by atoms with Gasteiger partial charge >= 0.3 is 0 Å². The van der Waals surface area contributed by atoms with Crippen molar-refractivity contribution in [1.29, 1.82) is 5.26 Å². The van der Waals surface area contributed by atoms with Gasteiger partial charge in [0.15, 0.2) is 5.82 Å². The highest BCUT2D eigenvalue weighted by Gasteiger charge is 2.13. The van der Waals surface area contributed by atoms with Gasteiger partial charge in [-0.1, -0.05) is 12.1 Å². The summed E-state index contributed by atoms with van der Waals surface area (Å²) in [6.07, 6.45) is 5.55. The van der Waals surface area contributed by atoms with Crippen molar-refractivity contribution >= 4 is 5.82 Å². The molecule has 1 saturated heterocycles. The second kappa shape index (κ2) is 5.70. The molecule has 1 aromatic heterocycles. The van der Waals surface area contributed by atoms with Gasteiger partial charge in [-0.05, 0) is 37.5 Å². The summed E-state index contributed by atoms with van der Waals surface area (Å²) in [6.45, 7) is 2.13. The van der Waals surface area contributed by atoms with Crippen LogP contribution in [0.5, 0.6) is 0 Å². The van der Waals surface area contributed by atoms with Crippen LogP contribution in [0.3, 0.4) is 0 Å². The number of anilines is 1. The number of hydrogen-bond donors (Lipinski definition) is 0. The minimum Gasteiger partial charge on any atom is -0.357 e. The van der Waals surface area contributed by atoms with Gasteiger partial charge in [-0.15, -0.1) is 0 Å². The number of rotatable bonds is 2. The van der Waals surface area contributed by atoms with Gasteiger partial charge in [0.25, 0.3) is 0 Å². The molecule has 2 aromatic rings. The molecule has 0 N–H and O–H groups in total. The molecule has 4 heteroatoms. The minimum absolute atomic E-state index is 0.634. The van der Waals surface area contributed by atoms with E-state index < -0.39 is 0 Å². The van der Waals surface area contributed by atoms with Crippen molar-refractivity contribution in [3.8, 4) is 17.5 Å². The highest BCUT2D eigenvalue weighted by atomic mass is 15.2. The molecular formula is C16H16N4. The van der Waals surface area contributed by atoms with E-state index in [-0.39, 0.29) is 0 Å². The van der Waals surface area contributed by atoms with E-state index >= 15 is 0 Å². The molecule has 4 nitrogen and oxygen atoms in total. The Hall–Kier alpha value is -2.41. The lowest BCUT2D eigenvalue weighted by Crippen LogP contribution is -2.30. The number of aromatic nitrogens is 2. The summed E-state index contributed by atoms with van der Waals surface area (Å²) in [5, 5.41) is 8.97. The topological polar surface area (TPSA) is 52.8 Å². The molecule has 1 aromatic carbocycles. The van der Waals surface area contributed by atoms with Gasteiger partial charge in [0.1, 0.15) is 5.82 Å². The van der Waals surface area contributed by atoms with Gasteiger partial charge in [-0.25, -0.2) is 9.97 Å². The standard InChI is InChI=1S/C16H16N4/c17-12-13-5-4-6-14(11-13)16-18-8-7-15(19-16)20-9-2-1-3-10-20/h4-8,11H,1-3,9-10H2. The Morgan fingerprint density at radius 3 is 2.75 bits per heavy atom. The second-order valence-corrected chi connectivity index (χ2v) is 4.98. The van der Waals surface area contributed by atoms with Crippen LogP contribution in [0.15, 0.2) is 36.5 Å². The Labute approximate surface area is 118 Å². The van der Waals surface area contributed by atoms with Crippen molar-refractivity contribution in [1.82, 2.24) is 9.97 Å². The van der Waals surface area contributed by atoms with E-state index in [2.05, 4.69) is 20.9 Å². The summed E-state index contributed by atoms with van der Waals surface area (Å²) < 4.78 is 0. The van der Waals surface area contributed by atoms with E-state index in [4.69, 9.17) is 5.26 Å². The van der Waals surface area contributed by atoms with Gasteiger partial charge in [-0.3, -0.25) is 0 Å². The third-order valence-corrected chi connectivity index (χ3v) is 3.57. The summed E-state index contributed by atoms with van der Waals surface area (Å²) in [6, 6.07) is 11.5. The van der Waals surface area contributed by atoms with Gasteiger partial charge in [0.2, 0.25) is 0 Å². The zero-order chi connectivity index (χ0) is 13.8. The predicted octanol–water partition coefficient (Wildman–Crippen LogP) is 3.01. The first-order valence-electron chi connectivity index (χ1n) is 6.95. The van der Waals surface area contributed by atoms with Gasteiger partial charge in [0, 0.05) is 24.8 Å². The molecule has 0 bridgehead atoms. The van der Waals surface area contributed by atoms with Crippen molar-refractivity contribution < 1.29 is 0 Å². The van der Waals surface area contributed by atoms with E-state index in [1.165, 1.54) is 19.3 Å². The van der Waals surface area contributed by atoms with Crippen LogP contribution in [-0.2, 0) is 0 Å². The van der Waals surface area contributed by atoms with Gasteiger partial charge in [-0.2, -0.15) is 5.26 Å². The first-order chi connectivity index (χ1) is 9.86. The molecule has 1 aliphatic rings. The highest BCUT2D eigenvalue weighted by Crippen LogP contribution is 2.21. The number of piperidine rings is 1. The average molecular weight is 264 g/mol. The summed E-state index contributed by atoms with van der Waals surface area (Å²) in [4.78, 5) is 11.3. The molecule has 0 saturated carbocycles. The zero-order valence-corrected chi connectivity index (χ0v) is 11.3. The van der Waals surface area contributed by atoms with Crippen molar-refractivity contribution in [3.05, 3.63) is 42.1 Å². The largest absolute Gasteiger partial charge is 0.357 e. The second-order valence-electron chi connectivity index (χ2n) is 4.98. The Bertz CT molecular complexity index is 639. The van der Waals surface area contributed by atoms with E-state index in [1.54, 1.807) is 12.3 Å². The Morgan fingerprint density at radius 1 is 1.10 bits per heavy atom. The van der Waals surface area contributed by atoms with Crippen molar-refractivity contribution in [3.63, 3.8) is 0 Å². The SMILES string of the molecule is N#Cc1cccc(-c2nccc(N3CCCCC3)n2)c1. The fraction of sp³-hybridized carbons (Fsp3) is 0.312. The third kappa shape index (κ3) is 2.62. The molecule has 0 amide bonds. The zero-order valence-electron chi connectivity index (χ0n) is 11.3. The van der Waals surface area contributed by atoms with Crippen LogP contribution < -0.4 is 4.90 Å². The molecule has 1 aliphatic heterocycles. The van der Waals surface area contributed by atoms with Crippen molar-refractivity contribution in [2.75, 3.05) is 18.0 Å². The van der Waals surface area contributed by atoms with E-state index in [1.807, 2.05) is 24.3 Å². The van der Waals surface area contributed by atoms with Crippen LogP contribution in [-0.4, -0.2) is 23.1 Å². The number of benzene rings is 1. The normalized spacial score (nSPS) is 14.8. The van der Waals surface area contributed by atoms with Crippen molar-refractivity contribution in [2.24, 2.45) is 0 Å². The molecular weight excluding hydrogens is 248 g/mol. The molecule has 0 radical (unpaired) electrons. The Kier molecular flexibility index (Phi) is 3.60. The van der Waals surface area contributed by atoms with Crippen LogP contribution in [0.1, 0.15) is 24.8 Å². The van der Waals surface area contributed by atoms with Crippen LogP contribution in [0.25, 0.3) is 11.4 Å². The maximum atomic E-state index is 8.97. The van der Waals surface area contributed by atoms with Crippen LogP contribution >= 0.6 is 0 Å². The smallest absolute Gasteiger partial charge is 0.161 e. The first-order valence-corrected chi connectivity index (χ1v) is 6.95. The van der Waals surface area contributed by atoms with E-state index in [0.717, 1.165) is 24.5 Å². The van der Waals surface area contributed by atoms with Gasteiger partial charge in [0.05, 0.1) is 11.6 Å². The fourth-order valence-electron chi connectivity index (χ4n) is 2.52. The van der Waals surface area contributed by atoms with Crippen LogP contribution in [0.2, 0.25) is 0 Å². The molecule has 100 valence electrons. The molecule has 1 fully saturated rings. The molecule has 0 atom stereocenters. The molecule has 2 heterocycles. The fourth-order valence-corrected chi connectivity index (χ4v) is 2.52. The predicted molar refractivity (Wildman–Crippen MR) is 78.2 cm³/mol. The van der Waals surface area contributed by atoms with Crippen molar-refractivity contribution in [2.45, 2.75) is 19.3 Å². The average Bonchev–Trinajstić information content (AvgIpc) is 2.56. The number of nitriles is 1. The van der Waals surface area contributed by atoms with E-state index in [9.17, 15) is 0 Å². The molecule has 20 heavy (non-hydrogen) atoms. The summed E-state index contributed by atoms with van der Waals surface area (Å²) in [5.74, 6) is 1.67. The number of hydrogen-bond acceptors (Lipinski definition) is 4.